The molecule has 25 heavy (non-hydrogen) atoms. The van der Waals surface area contributed by atoms with Gasteiger partial charge in [0, 0.05) is 31.1 Å². The normalized spacial score (nSPS) is 11.4. The van der Waals surface area contributed by atoms with Gasteiger partial charge in [-0.05, 0) is 26.0 Å². The highest BCUT2D eigenvalue weighted by Crippen LogP contribution is 2.16. The van der Waals surface area contributed by atoms with Crippen molar-refractivity contribution in [3.8, 4) is 0 Å². The average Bonchev–Trinajstić information content (AvgIpc) is 3.14. The van der Waals surface area contributed by atoms with E-state index < -0.39 is 0 Å². The van der Waals surface area contributed by atoms with Gasteiger partial charge in [0.2, 0.25) is 0 Å². The minimum atomic E-state index is 0. The zero-order valence-electron chi connectivity index (χ0n) is 14.5. The van der Waals surface area contributed by atoms with Crippen LogP contribution in [0.5, 0.6) is 0 Å². The SMILES string of the molecule is CN=C(NCCc1nc(C)c(C)s1)NCc1nnc2ccccn12.I. The molecular formula is C16H22IN7S. The predicted octanol–water partition coefficient (Wildman–Crippen LogP) is 2.33. The zero-order valence-corrected chi connectivity index (χ0v) is 17.6. The Kier molecular flexibility index (Phi) is 7.12. The van der Waals surface area contributed by atoms with Crippen molar-refractivity contribution in [2.45, 2.75) is 26.8 Å². The Morgan fingerprint density at radius 2 is 2.08 bits per heavy atom. The third-order valence-electron chi connectivity index (χ3n) is 3.73. The van der Waals surface area contributed by atoms with Gasteiger partial charge < -0.3 is 10.6 Å². The highest BCUT2D eigenvalue weighted by atomic mass is 127. The molecule has 3 aromatic heterocycles. The van der Waals surface area contributed by atoms with Gasteiger partial charge in [-0.15, -0.1) is 45.5 Å². The second-order valence-corrected chi connectivity index (χ2v) is 6.68. The van der Waals surface area contributed by atoms with Gasteiger partial charge in [0.15, 0.2) is 17.4 Å². The van der Waals surface area contributed by atoms with E-state index in [0.717, 1.165) is 41.1 Å². The number of hydrogen-bond acceptors (Lipinski definition) is 5. The first-order chi connectivity index (χ1) is 11.7. The topological polar surface area (TPSA) is 79.5 Å². The van der Waals surface area contributed by atoms with Crippen molar-refractivity contribution >= 4 is 46.9 Å². The van der Waals surface area contributed by atoms with Crippen molar-refractivity contribution < 1.29 is 0 Å². The van der Waals surface area contributed by atoms with Crippen LogP contribution in [0, 0.1) is 13.8 Å². The highest BCUT2D eigenvalue weighted by Gasteiger charge is 2.07. The fourth-order valence-electron chi connectivity index (χ4n) is 2.33. The van der Waals surface area contributed by atoms with Crippen molar-refractivity contribution in [1.82, 2.24) is 30.2 Å². The van der Waals surface area contributed by atoms with E-state index in [9.17, 15) is 0 Å². The second-order valence-electron chi connectivity index (χ2n) is 5.40. The standard InChI is InChI=1S/C16H21N7S.HI/c1-11-12(2)24-15(20-11)7-8-18-16(17-3)19-10-14-22-21-13-6-4-5-9-23(13)14;/h4-6,9H,7-8,10H2,1-3H3,(H2,17,18,19);1H. The number of nitrogens with one attached hydrogen (secondary N) is 2. The van der Waals surface area contributed by atoms with Crippen LogP contribution in [0.3, 0.4) is 0 Å². The molecule has 0 aliphatic heterocycles. The number of rotatable bonds is 5. The molecule has 0 radical (unpaired) electrons. The predicted molar refractivity (Wildman–Crippen MR) is 112 cm³/mol. The van der Waals surface area contributed by atoms with Crippen LogP contribution in [0.15, 0.2) is 29.4 Å². The van der Waals surface area contributed by atoms with Gasteiger partial charge in [0.05, 0.1) is 17.2 Å². The van der Waals surface area contributed by atoms with E-state index in [1.165, 1.54) is 4.88 Å². The number of aryl methyl sites for hydroxylation is 2. The quantitative estimate of drug-likeness (QED) is 0.339. The lowest BCUT2D eigenvalue weighted by molar-refractivity contribution is 0.756. The van der Waals surface area contributed by atoms with Crippen LogP contribution in [0.4, 0.5) is 0 Å². The molecule has 0 saturated carbocycles. The Bertz CT molecular complexity index is 836. The first kappa shape index (κ1) is 19.6. The maximum absolute atomic E-state index is 4.55. The number of halogens is 1. The van der Waals surface area contributed by atoms with Gasteiger partial charge >= 0.3 is 0 Å². The molecule has 0 saturated heterocycles. The zero-order chi connectivity index (χ0) is 16.9. The molecule has 0 atom stereocenters. The number of pyridine rings is 1. The Balaban J connectivity index is 0.00000225. The summed E-state index contributed by atoms with van der Waals surface area (Å²) >= 11 is 1.75. The fourth-order valence-corrected chi connectivity index (χ4v) is 3.26. The Labute approximate surface area is 168 Å². The number of nitrogens with zero attached hydrogens (tertiary/aromatic N) is 5. The van der Waals surface area contributed by atoms with Crippen LogP contribution < -0.4 is 10.6 Å². The minimum Gasteiger partial charge on any atom is -0.356 e. The number of thiazole rings is 1. The van der Waals surface area contributed by atoms with Crippen LogP contribution in [-0.4, -0.2) is 39.1 Å². The van der Waals surface area contributed by atoms with Gasteiger partial charge in [-0.25, -0.2) is 4.98 Å². The van der Waals surface area contributed by atoms with E-state index in [4.69, 9.17) is 0 Å². The molecule has 3 rings (SSSR count). The number of hydrogen-bond donors (Lipinski definition) is 2. The number of fused-ring (bicyclic) bond motifs is 1. The largest absolute Gasteiger partial charge is 0.356 e. The minimum absolute atomic E-state index is 0. The molecule has 134 valence electrons. The maximum Gasteiger partial charge on any atom is 0.191 e. The summed E-state index contributed by atoms with van der Waals surface area (Å²) in [5.41, 5.74) is 1.96. The van der Waals surface area contributed by atoms with Crippen molar-refractivity contribution in [2.75, 3.05) is 13.6 Å². The van der Waals surface area contributed by atoms with E-state index in [-0.39, 0.29) is 24.0 Å². The summed E-state index contributed by atoms with van der Waals surface area (Å²) in [7, 11) is 1.76. The lowest BCUT2D eigenvalue weighted by atomic mass is 10.4. The summed E-state index contributed by atoms with van der Waals surface area (Å²) < 4.78 is 1.96. The average molecular weight is 471 g/mol. The molecule has 0 aromatic carbocycles. The first-order valence-corrected chi connectivity index (χ1v) is 8.65. The lowest BCUT2D eigenvalue weighted by Gasteiger charge is -2.10. The third kappa shape index (κ3) is 4.88. The Morgan fingerprint density at radius 3 is 2.80 bits per heavy atom. The number of guanidine groups is 1. The lowest BCUT2D eigenvalue weighted by Crippen LogP contribution is -2.38. The molecule has 0 unspecified atom stereocenters. The Morgan fingerprint density at radius 1 is 1.24 bits per heavy atom. The number of aliphatic imine (C=N–C) groups is 1. The van der Waals surface area contributed by atoms with Gasteiger partial charge in [-0.1, -0.05) is 6.07 Å². The molecular weight excluding hydrogens is 449 g/mol. The van der Waals surface area contributed by atoms with Gasteiger partial charge in [-0.2, -0.15) is 0 Å². The van der Waals surface area contributed by atoms with Crippen molar-refractivity contribution in [2.24, 2.45) is 4.99 Å². The van der Waals surface area contributed by atoms with E-state index in [2.05, 4.69) is 37.7 Å². The maximum atomic E-state index is 4.55. The molecule has 0 aliphatic carbocycles. The summed E-state index contributed by atoms with van der Waals surface area (Å²) in [5.74, 6) is 1.59. The molecule has 7 nitrogen and oxygen atoms in total. The van der Waals surface area contributed by atoms with E-state index >= 15 is 0 Å². The monoisotopic (exact) mass is 471 g/mol. The van der Waals surface area contributed by atoms with Crippen LogP contribution >= 0.6 is 35.3 Å². The fraction of sp³-hybridized carbons (Fsp3) is 0.375. The van der Waals surface area contributed by atoms with E-state index in [0.29, 0.717) is 6.54 Å². The smallest absolute Gasteiger partial charge is 0.191 e. The molecule has 9 heteroatoms. The van der Waals surface area contributed by atoms with E-state index in [1.807, 2.05) is 35.7 Å². The van der Waals surface area contributed by atoms with Crippen molar-refractivity contribution in [3.05, 3.63) is 45.8 Å². The molecule has 3 heterocycles. The van der Waals surface area contributed by atoms with Crippen LogP contribution in [0.25, 0.3) is 5.65 Å². The third-order valence-corrected chi connectivity index (χ3v) is 4.86. The van der Waals surface area contributed by atoms with Crippen molar-refractivity contribution in [3.63, 3.8) is 0 Å². The van der Waals surface area contributed by atoms with Gasteiger partial charge in [0.1, 0.15) is 0 Å². The molecule has 3 aromatic rings. The molecule has 0 aliphatic rings. The van der Waals surface area contributed by atoms with Crippen LogP contribution in [0.2, 0.25) is 0 Å². The summed E-state index contributed by atoms with van der Waals surface area (Å²) in [6.45, 7) is 5.49. The molecule has 2 N–H and O–H groups in total. The molecule has 0 amide bonds. The number of aromatic nitrogens is 4. The Hall–Kier alpha value is -1.75. The van der Waals surface area contributed by atoms with E-state index in [1.54, 1.807) is 18.4 Å². The van der Waals surface area contributed by atoms with Crippen LogP contribution in [-0.2, 0) is 13.0 Å². The first-order valence-electron chi connectivity index (χ1n) is 7.83. The summed E-state index contributed by atoms with van der Waals surface area (Å²) in [4.78, 5) is 10.1. The molecule has 0 fully saturated rings. The molecule has 0 spiro atoms. The summed E-state index contributed by atoms with van der Waals surface area (Å²) in [5, 5.41) is 16.1. The van der Waals surface area contributed by atoms with Crippen LogP contribution in [0.1, 0.15) is 21.4 Å². The second kappa shape index (κ2) is 9.09. The summed E-state index contributed by atoms with van der Waals surface area (Å²) in [6.07, 6.45) is 2.84. The summed E-state index contributed by atoms with van der Waals surface area (Å²) in [6, 6.07) is 5.84. The van der Waals surface area contributed by atoms with Gasteiger partial charge in [-0.3, -0.25) is 9.39 Å². The highest BCUT2D eigenvalue weighted by molar-refractivity contribution is 14.0. The van der Waals surface area contributed by atoms with Gasteiger partial charge in [0.25, 0.3) is 0 Å². The van der Waals surface area contributed by atoms with Crippen molar-refractivity contribution in [1.29, 1.82) is 0 Å². The molecule has 0 bridgehead atoms.